The smallest absolute Gasteiger partial charge is 0.416 e. The molecule has 0 saturated carbocycles. The molecule has 1 nitrogen and oxygen atoms in total. The number of benzene rings is 1. The molecule has 0 amide bonds. The highest BCUT2D eigenvalue weighted by Gasteiger charge is 2.51. The maximum Gasteiger partial charge on any atom is 0.416 e. The lowest BCUT2D eigenvalue weighted by Crippen LogP contribution is -2.41. The summed E-state index contributed by atoms with van der Waals surface area (Å²) in [6.07, 6.45) is -4.67. The summed E-state index contributed by atoms with van der Waals surface area (Å²) in [5.41, 5.74) is -1.47. The van der Waals surface area contributed by atoms with Crippen LogP contribution in [-0.4, -0.2) is 12.5 Å². The van der Waals surface area contributed by atoms with Gasteiger partial charge in [-0.3, -0.25) is 0 Å². The third-order valence-corrected chi connectivity index (χ3v) is 3.22. The Balaban J connectivity index is 2.67. The second kappa shape index (κ2) is 4.35. The van der Waals surface area contributed by atoms with Crippen molar-refractivity contribution >= 4 is 0 Å². The van der Waals surface area contributed by atoms with Crippen LogP contribution >= 0.6 is 0 Å². The van der Waals surface area contributed by atoms with Crippen molar-refractivity contribution in [1.29, 1.82) is 0 Å². The van der Waals surface area contributed by atoms with Gasteiger partial charge in [0.15, 0.2) is 6.61 Å². The van der Waals surface area contributed by atoms with Crippen LogP contribution in [0.2, 0.25) is 0 Å². The van der Waals surface area contributed by atoms with Crippen molar-refractivity contribution < 1.29 is 26.7 Å². The number of halogens is 5. The second-order valence-electron chi connectivity index (χ2n) is 4.99. The molecule has 0 bridgehead atoms. The molecular weight excluding hydrogens is 267 g/mol. The summed E-state index contributed by atoms with van der Waals surface area (Å²) in [5.74, 6) is -5.52. The highest BCUT2D eigenvalue weighted by Crippen LogP contribution is 2.50. The molecule has 0 fully saturated rings. The van der Waals surface area contributed by atoms with Crippen LogP contribution in [-0.2, 0) is 6.18 Å². The number of hydrogen-bond donors (Lipinski definition) is 0. The Morgan fingerprint density at radius 2 is 1.89 bits per heavy atom. The van der Waals surface area contributed by atoms with Gasteiger partial charge < -0.3 is 4.74 Å². The Morgan fingerprint density at radius 3 is 2.42 bits per heavy atom. The van der Waals surface area contributed by atoms with Crippen LogP contribution in [0.5, 0.6) is 5.75 Å². The molecule has 0 aliphatic carbocycles. The fraction of sp³-hybridized carbons (Fsp3) is 0.538. The van der Waals surface area contributed by atoms with Crippen LogP contribution in [0.4, 0.5) is 22.0 Å². The lowest BCUT2D eigenvalue weighted by molar-refractivity contribution is -0.142. The molecule has 0 radical (unpaired) electrons. The molecule has 1 heterocycles. The van der Waals surface area contributed by atoms with Gasteiger partial charge in [0.05, 0.1) is 11.5 Å². The van der Waals surface area contributed by atoms with E-state index in [0.29, 0.717) is 0 Å². The number of hydrogen-bond acceptors (Lipinski definition) is 1. The molecule has 1 unspecified atom stereocenters. The average molecular weight is 280 g/mol. The van der Waals surface area contributed by atoms with Crippen molar-refractivity contribution in [2.45, 2.75) is 31.9 Å². The predicted molar refractivity (Wildman–Crippen MR) is 59.5 cm³/mol. The van der Waals surface area contributed by atoms with Gasteiger partial charge in [-0.1, -0.05) is 19.9 Å². The molecule has 2 rings (SSSR count). The fourth-order valence-corrected chi connectivity index (χ4v) is 2.53. The molecule has 1 aliphatic heterocycles. The Kier molecular flexibility index (Phi) is 3.23. The molecule has 0 aromatic heterocycles. The maximum atomic E-state index is 13.9. The highest BCUT2D eigenvalue weighted by molar-refractivity contribution is 5.47. The Hall–Kier alpha value is -1.33. The molecule has 106 valence electrons. The number of fused-ring (bicyclic) bond motifs is 1. The van der Waals surface area contributed by atoms with Crippen LogP contribution in [0.25, 0.3) is 0 Å². The number of ether oxygens (including phenoxy) is 1. The van der Waals surface area contributed by atoms with Gasteiger partial charge in [-0.2, -0.15) is 13.2 Å². The van der Waals surface area contributed by atoms with Gasteiger partial charge in [0.1, 0.15) is 5.75 Å². The number of rotatable bonds is 1. The van der Waals surface area contributed by atoms with E-state index in [-0.39, 0.29) is 5.75 Å². The largest absolute Gasteiger partial charge is 0.487 e. The maximum absolute atomic E-state index is 13.9. The minimum Gasteiger partial charge on any atom is -0.487 e. The van der Waals surface area contributed by atoms with E-state index in [0.717, 1.165) is 6.07 Å². The van der Waals surface area contributed by atoms with E-state index in [2.05, 4.69) is 0 Å². The van der Waals surface area contributed by atoms with Crippen LogP contribution in [0.15, 0.2) is 18.2 Å². The molecule has 1 aliphatic rings. The topological polar surface area (TPSA) is 9.23 Å². The number of alkyl halides is 5. The molecule has 1 aromatic rings. The first-order valence-electron chi connectivity index (χ1n) is 5.85. The summed E-state index contributed by atoms with van der Waals surface area (Å²) in [6, 6.07) is 3.29. The van der Waals surface area contributed by atoms with Gasteiger partial charge in [0, 0.05) is 5.56 Å². The van der Waals surface area contributed by atoms with Crippen LogP contribution < -0.4 is 4.74 Å². The summed E-state index contributed by atoms with van der Waals surface area (Å²) >= 11 is 0. The minimum atomic E-state index is -4.67. The van der Waals surface area contributed by atoms with Crippen molar-refractivity contribution in [3.05, 3.63) is 29.3 Å². The minimum absolute atomic E-state index is 0.0977. The predicted octanol–water partition coefficient (Wildman–Crippen LogP) is 4.47. The quantitative estimate of drug-likeness (QED) is 0.689. The lowest BCUT2D eigenvalue weighted by atomic mass is 9.79. The Bertz CT molecular complexity index is 478. The van der Waals surface area contributed by atoms with E-state index in [1.165, 1.54) is 26.0 Å². The third kappa shape index (κ3) is 2.40. The van der Waals surface area contributed by atoms with E-state index in [1.807, 2.05) is 0 Å². The zero-order valence-electron chi connectivity index (χ0n) is 10.4. The first-order valence-corrected chi connectivity index (χ1v) is 5.85. The van der Waals surface area contributed by atoms with E-state index >= 15 is 0 Å². The van der Waals surface area contributed by atoms with Crippen LogP contribution in [0.3, 0.4) is 0 Å². The molecular formula is C13H13F5O. The van der Waals surface area contributed by atoms with Gasteiger partial charge in [0.2, 0.25) is 0 Å². The molecule has 0 N–H and O–H groups in total. The van der Waals surface area contributed by atoms with E-state index in [9.17, 15) is 22.0 Å². The Morgan fingerprint density at radius 1 is 1.26 bits per heavy atom. The monoisotopic (exact) mass is 280 g/mol. The van der Waals surface area contributed by atoms with Gasteiger partial charge in [-0.25, -0.2) is 8.78 Å². The van der Waals surface area contributed by atoms with Gasteiger partial charge in [0.25, 0.3) is 5.92 Å². The molecule has 1 atom stereocenters. The first-order chi connectivity index (χ1) is 8.64. The average Bonchev–Trinajstić information content (AvgIpc) is 2.25. The van der Waals surface area contributed by atoms with Crippen molar-refractivity contribution in [2.75, 3.05) is 6.61 Å². The molecule has 0 saturated heterocycles. The van der Waals surface area contributed by atoms with Crippen LogP contribution in [0, 0.1) is 5.92 Å². The summed E-state index contributed by atoms with van der Waals surface area (Å²) < 4.78 is 71.4. The van der Waals surface area contributed by atoms with Gasteiger partial charge in [-0.05, 0) is 18.1 Å². The third-order valence-electron chi connectivity index (χ3n) is 3.22. The zero-order valence-corrected chi connectivity index (χ0v) is 10.4. The van der Waals surface area contributed by atoms with Crippen molar-refractivity contribution in [3.63, 3.8) is 0 Å². The first kappa shape index (κ1) is 14.1. The van der Waals surface area contributed by atoms with E-state index in [1.54, 1.807) is 0 Å². The van der Waals surface area contributed by atoms with Gasteiger partial charge in [-0.15, -0.1) is 0 Å². The normalized spacial score (nSPS) is 22.0. The van der Waals surface area contributed by atoms with Crippen molar-refractivity contribution in [2.24, 2.45) is 5.92 Å². The van der Waals surface area contributed by atoms with E-state index in [4.69, 9.17) is 4.74 Å². The summed E-state index contributed by atoms with van der Waals surface area (Å²) in [4.78, 5) is 0. The Labute approximate surface area is 107 Å². The second-order valence-corrected chi connectivity index (χ2v) is 4.99. The highest BCUT2D eigenvalue weighted by atomic mass is 19.4. The standard InChI is InChI=1S/C13H13F5O/c1-7(2)11-10-8(13(16,17)18)4-3-5-9(10)19-6-12(11,14)15/h3-5,7,11H,6H2,1-2H3. The lowest BCUT2D eigenvalue weighted by Gasteiger charge is -2.37. The summed E-state index contributed by atoms with van der Waals surface area (Å²) in [5, 5.41) is 0. The van der Waals surface area contributed by atoms with Crippen LogP contribution in [0.1, 0.15) is 30.9 Å². The summed E-state index contributed by atoms with van der Waals surface area (Å²) in [7, 11) is 0. The molecule has 0 spiro atoms. The fourth-order valence-electron chi connectivity index (χ4n) is 2.53. The molecule has 6 heteroatoms. The zero-order chi connectivity index (χ0) is 14.4. The summed E-state index contributed by atoms with van der Waals surface area (Å²) in [6.45, 7) is 2.09. The molecule has 1 aromatic carbocycles. The van der Waals surface area contributed by atoms with Crippen molar-refractivity contribution in [3.8, 4) is 5.75 Å². The van der Waals surface area contributed by atoms with Gasteiger partial charge >= 0.3 is 6.18 Å². The van der Waals surface area contributed by atoms with Crippen molar-refractivity contribution in [1.82, 2.24) is 0 Å². The van der Waals surface area contributed by atoms with E-state index < -0.39 is 41.7 Å². The SMILES string of the molecule is CC(C)C1c2c(cccc2C(F)(F)F)OCC1(F)F. The molecule has 19 heavy (non-hydrogen) atoms.